The van der Waals surface area contributed by atoms with Gasteiger partial charge in [-0.3, -0.25) is 4.90 Å². The van der Waals surface area contributed by atoms with Crippen molar-refractivity contribution in [2.45, 2.75) is 49.6 Å². The van der Waals surface area contributed by atoms with Crippen molar-refractivity contribution in [3.8, 4) is 0 Å². The van der Waals surface area contributed by atoms with E-state index < -0.39 is 0 Å². The molecule has 2 saturated carbocycles. The molecule has 4 aliphatic rings. The van der Waals surface area contributed by atoms with Crippen LogP contribution in [0.3, 0.4) is 0 Å². The molecule has 2 amide bonds. The van der Waals surface area contributed by atoms with Gasteiger partial charge in [-0.05, 0) is 64.1 Å². The predicted octanol–water partition coefficient (Wildman–Crippen LogP) is 2.91. The quantitative estimate of drug-likeness (QED) is 0.727. The van der Waals surface area contributed by atoms with Crippen LogP contribution in [-0.4, -0.2) is 84.9 Å². The molecule has 4 fully saturated rings. The third-order valence-corrected chi connectivity index (χ3v) is 8.55. The summed E-state index contributed by atoms with van der Waals surface area (Å²) in [7, 11) is 4.39. The van der Waals surface area contributed by atoms with Gasteiger partial charge in [-0.1, -0.05) is 30.3 Å². The van der Waals surface area contributed by atoms with Gasteiger partial charge in [0.05, 0.1) is 30.8 Å². The Labute approximate surface area is 186 Å². The molecule has 2 heterocycles. The lowest BCUT2D eigenvalue weighted by Gasteiger charge is -2.51. The monoisotopic (exact) mass is 427 g/mol. The zero-order valence-electron chi connectivity index (χ0n) is 19.1. The summed E-state index contributed by atoms with van der Waals surface area (Å²) < 4.78 is 5.40. The van der Waals surface area contributed by atoms with E-state index in [2.05, 4.69) is 54.2 Å². The standard InChI is InChI=1S/C25H37N3O3/c1-26(2)25(21-6-4-3-5-7-21)12-10-24(11-13-25)16-27(15-23(17-29)18-31-19-23)22(30)28(24)14-20-8-9-20/h3-7,20,29H,8-19H2,1-2H3. The highest BCUT2D eigenvalue weighted by molar-refractivity contribution is 5.78. The lowest BCUT2D eigenvalue weighted by Crippen LogP contribution is -2.56. The van der Waals surface area contributed by atoms with Crippen molar-refractivity contribution >= 4 is 6.03 Å². The SMILES string of the molecule is CN(C)C1(c2ccccc2)CCC2(CC1)CN(CC1(CO)COC1)C(=O)N2CC1CC1. The van der Waals surface area contributed by atoms with E-state index in [4.69, 9.17) is 4.74 Å². The van der Waals surface area contributed by atoms with Crippen LogP contribution in [-0.2, 0) is 10.3 Å². The first-order valence-corrected chi connectivity index (χ1v) is 11.9. The van der Waals surface area contributed by atoms with Crippen molar-refractivity contribution in [2.24, 2.45) is 11.3 Å². The molecule has 2 aliphatic heterocycles. The number of ether oxygens (including phenoxy) is 1. The fraction of sp³-hybridized carbons (Fsp3) is 0.720. The smallest absolute Gasteiger partial charge is 0.320 e. The zero-order valence-corrected chi connectivity index (χ0v) is 19.1. The fourth-order valence-corrected chi connectivity index (χ4v) is 6.16. The molecule has 0 unspecified atom stereocenters. The van der Waals surface area contributed by atoms with Crippen molar-refractivity contribution in [2.75, 3.05) is 53.6 Å². The van der Waals surface area contributed by atoms with Crippen molar-refractivity contribution in [1.82, 2.24) is 14.7 Å². The molecule has 0 radical (unpaired) electrons. The minimum absolute atomic E-state index is 0.0301. The van der Waals surface area contributed by atoms with Crippen LogP contribution < -0.4 is 0 Å². The molecule has 170 valence electrons. The number of rotatable bonds is 7. The van der Waals surface area contributed by atoms with E-state index in [-0.39, 0.29) is 29.1 Å². The summed E-state index contributed by atoms with van der Waals surface area (Å²) in [6.45, 7) is 3.51. The van der Waals surface area contributed by atoms with Gasteiger partial charge in [0, 0.05) is 25.2 Å². The number of amides is 2. The number of benzene rings is 1. The van der Waals surface area contributed by atoms with Gasteiger partial charge in [0.15, 0.2) is 0 Å². The van der Waals surface area contributed by atoms with Gasteiger partial charge in [0.2, 0.25) is 0 Å². The summed E-state index contributed by atoms with van der Waals surface area (Å²) in [6.07, 6.45) is 6.66. The Hall–Kier alpha value is -1.63. The highest BCUT2D eigenvalue weighted by atomic mass is 16.5. The third kappa shape index (κ3) is 3.57. The lowest BCUT2D eigenvalue weighted by molar-refractivity contribution is -0.143. The summed E-state index contributed by atoms with van der Waals surface area (Å²) in [5.74, 6) is 0.675. The predicted molar refractivity (Wildman–Crippen MR) is 120 cm³/mol. The second-order valence-corrected chi connectivity index (χ2v) is 10.9. The van der Waals surface area contributed by atoms with E-state index in [9.17, 15) is 9.90 Å². The Morgan fingerprint density at radius 3 is 2.29 bits per heavy atom. The summed E-state index contributed by atoms with van der Waals surface area (Å²) in [6, 6.07) is 11.1. The normalized spacial score (nSPS) is 32.7. The highest BCUT2D eigenvalue weighted by Gasteiger charge is 2.56. The Bertz CT molecular complexity index is 790. The molecule has 6 heteroatoms. The number of aliphatic hydroxyl groups excluding tert-OH is 1. The summed E-state index contributed by atoms with van der Waals surface area (Å²) in [5.41, 5.74) is 1.08. The van der Waals surface area contributed by atoms with Gasteiger partial charge in [0.25, 0.3) is 0 Å². The zero-order chi connectivity index (χ0) is 21.7. The number of carbonyl (C=O) groups excluding carboxylic acids is 1. The van der Waals surface area contributed by atoms with Gasteiger partial charge < -0.3 is 19.6 Å². The molecule has 6 nitrogen and oxygen atoms in total. The average Bonchev–Trinajstić information content (AvgIpc) is 3.55. The number of nitrogens with zero attached hydrogens (tertiary/aromatic N) is 3. The molecule has 2 aliphatic carbocycles. The number of hydrogen-bond donors (Lipinski definition) is 1. The number of urea groups is 1. The molecule has 31 heavy (non-hydrogen) atoms. The largest absolute Gasteiger partial charge is 0.396 e. The average molecular weight is 428 g/mol. The first-order valence-electron chi connectivity index (χ1n) is 11.9. The Balaban J connectivity index is 1.39. The molecule has 1 aromatic rings. The van der Waals surface area contributed by atoms with Crippen LogP contribution in [0.25, 0.3) is 0 Å². The minimum atomic E-state index is -0.265. The Kier molecular flexibility index (Phi) is 5.31. The van der Waals surface area contributed by atoms with Crippen LogP contribution in [0.4, 0.5) is 4.79 Å². The van der Waals surface area contributed by atoms with Crippen LogP contribution >= 0.6 is 0 Å². The summed E-state index contributed by atoms with van der Waals surface area (Å²) >= 11 is 0. The van der Waals surface area contributed by atoms with E-state index in [1.807, 2.05) is 4.90 Å². The van der Waals surface area contributed by atoms with Crippen molar-refractivity contribution < 1.29 is 14.6 Å². The first kappa shape index (κ1) is 21.2. The van der Waals surface area contributed by atoms with Gasteiger partial charge in [-0.25, -0.2) is 4.79 Å². The molecular formula is C25H37N3O3. The van der Waals surface area contributed by atoms with Crippen LogP contribution in [0, 0.1) is 11.3 Å². The molecule has 0 aromatic heterocycles. The van der Waals surface area contributed by atoms with Gasteiger partial charge in [-0.2, -0.15) is 0 Å². The molecule has 5 rings (SSSR count). The summed E-state index contributed by atoms with van der Waals surface area (Å²) in [5, 5.41) is 9.92. The van der Waals surface area contributed by atoms with E-state index in [1.165, 1.54) is 18.4 Å². The third-order valence-electron chi connectivity index (χ3n) is 8.55. The Morgan fingerprint density at radius 2 is 1.77 bits per heavy atom. The number of carbonyl (C=O) groups is 1. The molecule has 0 atom stereocenters. The molecular weight excluding hydrogens is 390 g/mol. The summed E-state index contributed by atoms with van der Waals surface area (Å²) in [4.78, 5) is 20.2. The maximum Gasteiger partial charge on any atom is 0.320 e. The van der Waals surface area contributed by atoms with Crippen molar-refractivity contribution in [1.29, 1.82) is 0 Å². The van der Waals surface area contributed by atoms with Crippen molar-refractivity contribution in [3.05, 3.63) is 35.9 Å². The van der Waals surface area contributed by atoms with E-state index in [1.54, 1.807) is 0 Å². The molecule has 1 aromatic carbocycles. The number of hydrogen-bond acceptors (Lipinski definition) is 4. The van der Waals surface area contributed by atoms with Gasteiger partial charge >= 0.3 is 6.03 Å². The molecule has 1 N–H and O–H groups in total. The minimum Gasteiger partial charge on any atom is -0.396 e. The second kappa shape index (κ2) is 7.75. The van der Waals surface area contributed by atoms with Gasteiger partial charge in [0.1, 0.15) is 0 Å². The van der Waals surface area contributed by atoms with Crippen LogP contribution in [0.2, 0.25) is 0 Å². The van der Waals surface area contributed by atoms with Crippen LogP contribution in [0.1, 0.15) is 44.1 Å². The topological polar surface area (TPSA) is 56.2 Å². The Morgan fingerprint density at radius 1 is 1.10 bits per heavy atom. The number of aliphatic hydroxyl groups is 1. The maximum absolute atomic E-state index is 13.6. The first-order chi connectivity index (χ1) is 14.9. The van der Waals surface area contributed by atoms with Crippen molar-refractivity contribution in [3.63, 3.8) is 0 Å². The molecule has 0 bridgehead atoms. The maximum atomic E-state index is 13.6. The van der Waals surface area contributed by atoms with Crippen LogP contribution in [0.15, 0.2) is 30.3 Å². The van der Waals surface area contributed by atoms with Gasteiger partial charge in [-0.15, -0.1) is 0 Å². The van der Waals surface area contributed by atoms with Crippen LogP contribution in [0.5, 0.6) is 0 Å². The molecule has 2 saturated heterocycles. The van der Waals surface area contributed by atoms with E-state index >= 15 is 0 Å². The van der Waals surface area contributed by atoms with E-state index in [0.717, 1.165) is 38.8 Å². The van der Waals surface area contributed by atoms with E-state index in [0.29, 0.717) is 25.7 Å². The lowest BCUT2D eigenvalue weighted by atomic mass is 9.68. The molecule has 1 spiro atoms. The highest BCUT2D eigenvalue weighted by Crippen LogP contribution is 2.50. The fourth-order valence-electron chi connectivity index (χ4n) is 6.16. The second-order valence-electron chi connectivity index (χ2n) is 10.9.